The number of hydrogen-bond acceptors (Lipinski definition) is 5. The van der Waals surface area contributed by atoms with E-state index in [1.54, 1.807) is 24.3 Å². The van der Waals surface area contributed by atoms with E-state index >= 15 is 0 Å². The number of nitrogens with one attached hydrogen (secondary N) is 1. The lowest BCUT2D eigenvalue weighted by Crippen LogP contribution is -2.23. The summed E-state index contributed by atoms with van der Waals surface area (Å²) in [4.78, 5) is 12.4. The second kappa shape index (κ2) is 9.74. The molecule has 0 spiro atoms. The number of carbonyl (C=O) groups excluding carboxylic acids is 1. The zero-order chi connectivity index (χ0) is 22.3. The van der Waals surface area contributed by atoms with Gasteiger partial charge in [0, 0.05) is 6.54 Å². The van der Waals surface area contributed by atoms with E-state index in [1.165, 1.54) is 30.3 Å². The predicted octanol–water partition coefficient (Wildman–Crippen LogP) is 3.99. The summed E-state index contributed by atoms with van der Waals surface area (Å²) >= 11 is 0. The van der Waals surface area contributed by atoms with Crippen molar-refractivity contribution in [3.8, 4) is 11.8 Å². The fourth-order valence-electron chi connectivity index (χ4n) is 2.72. The molecule has 0 unspecified atom stereocenters. The summed E-state index contributed by atoms with van der Waals surface area (Å²) in [6.45, 7) is 2.15. The summed E-state index contributed by atoms with van der Waals surface area (Å²) in [7, 11) is -4.00. The molecule has 0 saturated heterocycles. The molecular formula is C24H20N2O4S. The summed E-state index contributed by atoms with van der Waals surface area (Å²) in [6.07, 6.45) is 1.38. The van der Waals surface area contributed by atoms with Crippen LogP contribution in [-0.4, -0.2) is 14.3 Å². The average molecular weight is 433 g/mol. The first kappa shape index (κ1) is 21.8. The van der Waals surface area contributed by atoms with Crippen molar-refractivity contribution in [2.24, 2.45) is 0 Å². The lowest BCUT2D eigenvalue weighted by molar-refractivity contribution is -0.117. The minimum Gasteiger partial charge on any atom is -0.379 e. The van der Waals surface area contributed by atoms with Crippen molar-refractivity contribution in [3.63, 3.8) is 0 Å². The molecule has 1 amide bonds. The van der Waals surface area contributed by atoms with Gasteiger partial charge in [-0.15, -0.1) is 0 Å². The number of nitriles is 1. The van der Waals surface area contributed by atoms with Crippen molar-refractivity contribution < 1.29 is 17.4 Å². The van der Waals surface area contributed by atoms with E-state index in [1.807, 2.05) is 43.3 Å². The normalized spacial score (nSPS) is 11.4. The van der Waals surface area contributed by atoms with Crippen molar-refractivity contribution in [2.45, 2.75) is 18.4 Å². The van der Waals surface area contributed by atoms with Crippen molar-refractivity contribution in [3.05, 3.63) is 101 Å². The molecule has 0 atom stereocenters. The molecule has 0 saturated carbocycles. The predicted molar refractivity (Wildman–Crippen MR) is 117 cm³/mol. The van der Waals surface area contributed by atoms with Crippen LogP contribution in [0.3, 0.4) is 0 Å². The summed E-state index contributed by atoms with van der Waals surface area (Å²) in [5.74, 6) is -0.443. The van der Waals surface area contributed by atoms with Gasteiger partial charge in [-0.2, -0.15) is 13.7 Å². The molecular weight excluding hydrogens is 412 g/mol. The highest BCUT2D eigenvalue weighted by Gasteiger charge is 2.16. The molecule has 6 nitrogen and oxygen atoms in total. The van der Waals surface area contributed by atoms with Crippen LogP contribution >= 0.6 is 0 Å². The molecule has 0 aliphatic heterocycles. The third-order valence-corrected chi connectivity index (χ3v) is 5.61. The molecule has 0 aliphatic carbocycles. The molecule has 0 aromatic heterocycles. The van der Waals surface area contributed by atoms with Gasteiger partial charge in [0.25, 0.3) is 5.91 Å². The Balaban J connectivity index is 1.74. The van der Waals surface area contributed by atoms with Gasteiger partial charge in [0.2, 0.25) is 0 Å². The summed E-state index contributed by atoms with van der Waals surface area (Å²) in [5.41, 5.74) is 2.20. The van der Waals surface area contributed by atoms with Crippen molar-refractivity contribution in [1.29, 1.82) is 5.26 Å². The van der Waals surface area contributed by atoms with Gasteiger partial charge >= 0.3 is 10.1 Å². The molecule has 156 valence electrons. The highest BCUT2D eigenvalue weighted by atomic mass is 32.2. The Morgan fingerprint density at radius 1 is 1.03 bits per heavy atom. The SMILES string of the molecule is Cc1ccc(S(=O)(=O)Oc2cccc(/C=C(\C#N)C(=O)NCc3ccccc3)c2)cc1. The summed E-state index contributed by atoms with van der Waals surface area (Å²) in [6, 6.07) is 23.7. The third kappa shape index (κ3) is 6.04. The molecule has 3 aromatic rings. The number of benzene rings is 3. The largest absolute Gasteiger partial charge is 0.379 e. The van der Waals surface area contributed by atoms with E-state index in [9.17, 15) is 18.5 Å². The molecule has 0 aliphatic rings. The van der Waals surface area contributed by atoms with E-state index in [-0.39, 0.29) is 22.8 Å². The number of amides is 1. The number of hydrogen-bond donors (Lipinski definition) is 1. The Hall–Kier alpha value is -3.89. The minimum atomic E-state index is -4.00. The molecule has 0 fully saturated rings. The maximum atomic E-state index is 12.5. The zero-order valence-electron chi connectivity index (χ0n) is 16.8. The number of nitrogens with zero attached hydrogens (tertiary/aromatic N) is 1. The first-order valence-electron chi connectivity index (χ1n) is 9.42. The quantitative estimate of drug-likeness (QED) is 0.346. The van der Waals surface area contributed by atoms with E-state index < -0.39 is 16.0 Å². The highest BCUT2D eigenvalue weighted by Crippen LogP contribution is 2.21. The Bertz CT molecular complexity index is 1240. The van der Waals surface area contributed by atoms with Crippen LogP contribution < -0.4 is 9.50 Å². The van der Waals surface area contributed by atoms with Crippen LogP contribution in [-0.2, 0) is 21.5 Å². The molecule has 3 rings (SSSR count). The van der Waals surface area contributed by atoms with E-state index in [0.717, 1.165) is 11.1 Å². The van der Waals surface area contributed by atoms with Crippen LogP contribution in [0.5, 0.6) is 5.75 Å². The van der Waals surface area contributed by atoms with Gasteiger partial charge in [0.15, 0.2) is 0 Å². The topological polar surface area (TPSA) is 96.3 Å². The molecule has 0 heterocycles. The number of rotatable bonds is 7. The summed E-state index contributed by atoms with van der Waals surface area (Å²) in [5, 5.41) is 12.1. The molecule has 3 aromatic carbocycles. The van der Waals surface area contributed by atoms with Gasteiger partial charge < -0.3 is 9.50 Å². The Labute approximate surface area is 181 Å². The van der Waals surface area contributed by atoms with Crippen LogP contribution in [0.25, 0.3) is 6.08 Å². The highest BCUT2D eigenvalue weighted by molar-refractivity contribution is 7.87. The number of aryl methyl sites for hydroxylation is 1. The van der Waals surface area contributed by atoms with Crippen molar-refractivity contribution >= 4 is 22.1 Å². The second-order valence-corrected chi connectivity index (χ2v) is 8.31. The smallest absolute Gasteiger partial charge is 0.339 e. The zero-order valence-corrected chi connectivity index (χ0v) is 17.6. The summed E-state index contributed by atoms with van der Waals surface area (Å²) < 4.78 is 30.2. The number of carbonyl (C=O) groups is 1. The van der Waals surface area contributed by atoms with Gasteiger partial charge in [-0.3, -0.25) is 4.79 Å². The van der Waals surface area contributed by atoms with E-state index in [4.69, 9.17) is 4.18 Å². The second-order valence-electron chi connectivity index (χ2n) is 6.76. The maximum absolute atomic E-state index is 12.5. The molecule has 1 N–H and O–H groups in total. The Morgan fingerprint density at radius 3 is 2.42 bits per heavy atom. The van der Waals surface area contributed by atoms with Gasteiger partial charge in [0.05, 0.1) is 0 Å². The van der Waals surface area contributed by atoms with Gasteiger partial charge in [-0.25, -0.2) is 0 Å². The Morgan fingerprint density at radius 2 is 1.74 bits per heavy atom. The monoisotopic (exact) mass is 432 g/mol. The first-order chi connectivity index (χ1) is 14.9. The molecule has 0 radical (unpaired) electrons. The van der Waals surface area contributed by atoms with Crippen LogP contribution in [0.2, 0.25) is 0 Å². The van der Waals surface area contributed by atoms with Crippen LogP contribution in [0, 0.1) is 18.3 Å². The maximum Gasteiger partial charge on any atom is 0.339 e. The fourth-order valence-corrected chi connectivity index (χ4v) is 3.65. The molecule has 31 heavy (non-hydrogen) atoms. The fraction of sp³-hybridized carbons (Fsp3) is 0.0833. The first-order valence-corrected chi connectivity index (χ1v) is 10.8. The van der Waals surface area contributed by atoms with E-state index in [2.05, 4.69) is 5.32 Å². The Kier molecular flexibility index (Phi) is 6.85. The van der Waals surface area contributed by atoms with Gasteiger partial charge in [0.1, 0.15) is 22.3 Å². The van der Waals surface area contributed by atoms with Crippen molar-refractivity contribution in [2.75, 3.05) is 0 Å². The van der Waals surface area contributed by atoms with E-state index in [0.29, 0.717) is 5.56 Å². The van der Waals surface area contributed by atoms with Crippen LogP contribution in [0.4, 0.5) is 0 Å². The third-order valence-electron chi connectivity index (χ3n) is 4.35. The lowest BCUT2D eigenvalue weighted by Gasteiger charge is -2.08. The molecule has 0 bridgehead atoms. The molecule has 7 heteroatoms. The standard InChI is InChI=1S/C24H20N2O4S/c1-18-10-12-23(13-11-18)31(28,29)30-22-9-5-8-20(15-22)14-21(16-25)24(27)26-17-19-6-3-2-4-7-19/h2-15H,17H2,1H3,(H,26,27)/b21-14+. The van der Waals surface area contributed by atoms with Gasteiger partial charge in [-0.05, 0) is 48.4 Å². The van der Waals surface area contributed by atoms with Crippen LogP contribution in [0.15, 0.2) is 89.3 Å². The average Bonchev–Trinajstić information content (AvgIpc) is 2.77. The lowest BCUT2D eigenvalue weighted by atomic mass is 10.1. The minimum absolute atomic E-state index is 0.0389. The van der Waals surface area contributed by atoms with Gasteiger partial charge in [-0.1, -0.05) is 60.2 Å². The van der Waals surface area contributed by atoms with Crippen molar-refractivity contribution in [1.82, 2.24) is 5.32 Å². The van der Waals surface area contributed by atoms with Crippen LogP contribution in [0.1, 0.15) is 16.7 Å².